The van der Waals surface area contributed by atoms with Gasteiger partial charge >= 0.3 is 0 Å². The third-order valence-corrected chi connectivity index (χ3v) is 4.20. The number of aryl methyl sites for hydroxylation is 2. The van der Waals surface area contributed by atoms with E-state index in [1.165, 1.54) is 0 Å². The Bertz CT molecular complexity index is 986. The molecule has 0 saturated heterocycles. The number of ether oxygens (including phenoxy) is 1. The second kappa shape index (κ2) is 9.75. The zero-order valence-electron chi connectivity index (χ0n) is 15.8. The Kier molecular flexibility index (Phi) is 6.86. The highest BCUT2D eigenvalue weighted by molar-refractivity contribution is 6.30. The SMILES string of the molecule is Cc1cccc(OCC(=O)NNC(=O)CCc2ncc(-c3ccc(Cl)cc3)o2)c1. The van der Waals surface area contributed by atoms with Crippen molar-refractivity contribution in [2.24, 2.45) is 0 Å². The molecule has 0 spiro atoms. The first-order valence-corrected chi connectivity index (χ1v) is 9.35. The summed E-state index contributed by atoms with van der Waals surface area (Å²) in [7, 11) is 0. The maximum Gasteiger partial charge on any atom is 0.276 e. The smallest absolute Gasteiger partial charge is 0.276 e. The van der Waals surface area contributed by atoms with Crippen molar-refractivity contribution in [3.05, 3.63) is 71.2 Å². The van der Waals surface area contributed by atoms with Crippen LogP contribution in [0.4, 0.5) is 0 Å². The van der Waals surface area contributed by atoms with Crippen LogP contribution < -0.4 is 15.6 Å². The number of hydrogen-bond donors (Lipinski definition) is 2. The molecule has 0 saturated carbocycles. The summed E-state index contributed by atoms with van der Waals surface area (Å²) < 4.78 is 11.0. The molecule has 29 heavy (non-hydrogen) atoms. The summed E-state index contributed by atoms with van der Waals surface area (Å²) in [5.41, 5.74) is 6.53. The lowest BCUT2D eigenvalue weighted by molar-refractivity contribution is -0.130. The van der Waals surface area contributed by atoms with E-state index in [9.17, 15) is 9.59 Å². The summed E-state index contributed by atoms with van der Waals surface area (Å²) in [6.45, 7) is 1.73. The van der Waals surface area contributed by atoms with E-state index in [0.717, 1.165) is 11.1 Å². The van der Waals surface area contributed by atoms with Crippen molar-refractivity contribution in [2.75, 3.05) is 6.61 Å². The average molecular weight is 414 g/mol. The van der Waals surface area contributed by atoms with Crippen molar-refractivity contribution < 1.29 is 18.7 Å². The maximum atomic E-state index is 11.9. The molecular weight excluding hydrogens is 394 g/mol. The van der Waals surface area contributed by atoms with Gasteiger partial charge in [-0.3, -0.25) is 20.4 Å². The average Bonchev–Trinajstić information content (AvgIpc) is 3.19. The van der Waals surface area contributed by atoms with Crippen LogP contribution in [0.3, 0.4) is 0 Å². The van der Waals surface area contributed by atoms with E-state index >= 15 is 0 Å². The molecule has 3 rings (SSSR count). The first kappa shape index (κ1) is 20.4. The van der Waals surface area contributed by atoms with Gasteiger partial charge in [0.25, 0.3) is 5.91 Å². The van der Waals surface area contributed by atoms with Crippen molar-refractivity contribution in [2.45, 2.75) is 19.8 Å². The highest BCUT2D eigenvalue weighted by Gasteiger charge is 2.10. The number of hydrazine groups is 1. The minimum absolute atomic E-state index is 0.111. The summed E-state index contributed by atoms with van der Waals surface area (Å²) in [5, 5.41) is 0.636. The van der Waals surface area contributed by atoms with E-state index in [1.54, 1.807) is 24.4 Å². The van der Waals surface area contributed by atoms with Crippen molar-refractivity contribution in [3.8, 4) is 17.1 Å². The molecule has 2 aromatic carbocycles. The summed E-state index contributed by atoms with van der Waals surface area (Å²) in [4.78, 5) is 27.8. The van der Waals surface area contributed by atoms with Gasteiger partial charge in [0.2, 0.25) is 5.91 Å². The molecule has 0 bridgehead atoms. The maximum absolute atomic E-state index is 11.9. The quantitative estimate of drug-likeness (QED) is 0.578. The van der Waals surface area contributed by atoms with E-state index in [-0.39, 0.29) is 18.9 Å². The third-order valence-electron chi connectivity index (χ3n) is 3.95. The van der Waals surface area contributed by atoms with Gasteiger partial charge in [0.05, 0.1) is 6.20 Å². The number of oxazole rings is 1. The Balaban J connectivity index is 1.38. The number of hydrogen-bond acceptors (Lipinski definition) is 5. The van der Waals surface area contributed by atoms with Crippen LogP contribution >= 0.6 is 11.6 Å². The second-order valence-corrected chi connectivity index (χ2v) is 6.76. The zero-order chi connectivity index (χ0) is 20.6. The number of nitrogens with one attached hydrogen (secondary N) is 2. The minimum atomic E-state index is -0.457. The molecule has 7 nitrogen and oxygen atoms in total. The van der Waals surface area contributed by atoms with Crippen LogP contribution in [0.5, 0.6) is 5.75 Å². The Morgan fingerprint density at radius 1 is 1.10 bits per heavy atom. The number of carbonyl (C=O) groups excluding carboxylic acids is 2. The molecule has 0 radical (unpaired) electrons. The predicted molar refractivity (Wildman–Crippen MR) is 108 cm³/mol. The van der Waals surface area contributed by atoms with Gasteiger partial charge in [-0.15, -0.1) is 0 Å². The second-order valence-electron chi connectivity index (χ2n) is 6.33. The number of aromatic nitrogens is 1. The van der Waals surface area contributed by atoms with E-state index in [0.29, 0.717) is 28.8 Å². The fourth-order valence-corrected chi connectivity index (χ4v) is 2.61. The van der Waals surface area contributed by atoms with E-state index in [2.05, 4.69) is 15.8 Å². The number of amides is 2. The molecule has 0 aliphatic heterocycles. The first-order valence-electron chi connectivity index (χ1n) is 8.97. The van der Waals surface area contributed by atoms with Gasteiger partial charge < -0.3 is 9.15 Å². The van der Waals surface area contributed by atoms with E-state index < -0.39 is 5.91 Å². The number of halogens is 1. The first-order chi connectivity index (χ1) is 14.0. The van der Waals surface area contributed by atoms with Crippen LogP contribution in [0.25, 0.3) is 11.3 Å². The van der Waals surface area contributed by atoms with Gasteiger partial charge in [0.1, 0.15) is 5.75 Å². The molecule has 1 aromatic heterocycles. The molecular formula is C21H20ClN3O4. The van der Waals surface area contributed by atoms with Gasteiger partial charge in [0.15, 0.2) is 18.3 Å². The minimum Gasteiger partial charge on any atom is -0.484 e. The zero-order valence-corrected chi connectivity index (χ0v) is 16.5. The number of rotatable bonds is 7. The molecule has 0 aliphatic carbocycles. The van der Waals surface area contributed by atoms with Crippen LogP contribution in [0, 0.1) is 6.92 Å². The molecule has 0 unspecified atom stereocenters. The largest absolute Gasteiger partial charge is 0.484 e. The molecule has 8 heteroatoms. The van der Waals surface area contributed by atoms with Crippen LogP contribution in [0.2, 0.25) is 5.02 Å². The molecule has 0 aliphatic rings. The van der Waals surface area contributed by atoms with Gasteiger partial charge in [-0.25, -0.2) is 4.98 Å². The van der Waals surface area contributed by atoms with Crippen molar-refractivity contribution >= 4 is 23.4 Å². The molecule has 2 N–H and O–H groups in total. The summed E-state index contributed by atoms with van der Waals surface area (Å²) in [6, 6.07) is 14.5. The van der Waals surface area contributed by atoms with Gasteiger partial charge in [-0.2, -0.15) is 0 Å². The molecule has 150 valence electrons. The van der Waals surface area contributed by atoms with E-state index in [1.807, 2.05) is 37.3 Å². The van der Waals surface area contributed by atoms with Gasteiger partial charge in [-0.1, -0.05) is 23.7 Å². The predicted octanol–water partition coefficient (Wildman–Crippen LogP) is 3.46. The fraction of sp³-hybridized carbons (Fsp3) is 0.190. The lowest BCUT2D eigenvalue weighted by Crippen LogP contribution is -2.43. The summed E-state index contributed by atoms with van der Waals surface area (Å²) in [5.74, 6) is 0.797. The molecule has 0 atom stereocenters. The van der Waals surface area contributed by atoms with Crippen LogP contribution in [-0.4, -0.2) is 23.4 Å². The highest BCUT2D eigenvalue weighted by Crippen LogP contribution is 2.22. The van der Waals surface area contributed by atoms with Crippen LogP contribution in [0.1, 0.15) is 17.9 Å². The van der Waals surface area contributed by atoms with Crippen molar-refractivity contribution in [3.63, 3.8) is 0 Å². The Labute approximate surface area is 173 Å². The third kappa shape index (κ3) is 6.36. The molecule has 0 fully saturated rings. The normalized spacial score (nSPS) is 10.4. The highest BCUT2D eigenvalue weighted by atomic mass is 35.5. The fourth-order valence-electron chi connectivity index (χ4n) is 2.49. The Morgan fingerprint density at radius 2 is 1.86 bits per heavy atom. The Morgan fingerprint density at radius 3 is 2.62 bits per heavy atom. The molecule has 2 amide bonds. The van der Waals surface area contributed by atoms with Crippen LogP contribution in [-0.2, 0) is 16.0 Å². The topological polar surface area (TPSA) is 93.5 Å². The number of benzene rings is 2. The van der Waals surface area contributed by atoms with Gasteiger partial charge in [0, 0.05) is 23.4 Å². The van der Waals surface area contributed by atoms with Gasteiger partial charge in [-0.05, 0) is 48.9 Å². The lowest BCUT2D eigenvalue weighted by Gasteiger charge is -2.08. The van der Waals surface area contributed by atoms with E-state index in [4.69, 9.17) is 20.8 Å². The molecule has 1 heterocycles. The van der Waals surface area contributed by atoms with Crippen LogP contribution in [0.15, 0.2) is 59.1 Å². The Hall–Kier alpha value is -3.32. The monoisotopic (exact) mass is 413 g/mol. The van der Waals surface area contributed by atoms with Crippen molar-refractivity contribution in [1.29, 1.82) is 0 Å². The number of nitrogens with zero attached hydrogens (tertiary/aromatic N) is 1. The lowest BCUT2D eigenvalue weighted by atomic mass is 10.2. The van der Waals surface area contributed by atoms with Crippen molar-refractivity contribution in [1.82, 2.24) is 15.8 Å². The summed E-state index contributed by atoms with van der Waals surface area (Å²) >= 11 is 5.87. The number of carbonyl (C=O) groups is 2. The molecule has 3 aromatic rings. The standard InChI is InChI=1S/C21H20ClN3O4/c1-14-3-2-4-17(11-14)28-13-20(27)25-24-19(26)9-10-21-23-12-18(29-21)15-5-7-16(22)8-6-15/h2-8,11-12H,9-10,13H2,1H3,(H,24,26)(H,25,27). The summed E-state index contributed by atoms with van der Waals surface area (Å²) in [6.07, 6.45) is 2.01.